The molecule has 0 amide bonds. The molecule has 0 aromatic carbocycles. The largest absolute Gasteiger partial charge is 0.413 e. The van der Waals surface area contributed by atoms with Gasteiger partial charge in [-0.2, -0.15) is 0 Å². The number of hydrogen-bond donors (Lipinski definition) is 1. The average Bonchev–Trinajstić information content (AvgIpc) is 2.21. The van der Waals surface area contributed by atoms with Crippen molar-refractivity contribution in [2.24, 2.45) is 11.3 Å². The molecule has 0 heterocycles. The maximum Gasteiger partial charge on any atom is 0.192 e. The molecule has 0 saturated carbocycles. The summed E-state index contributed by atoms with van der Waals surface area (Å²) in [4.78, 5) is 0. The van der Waals surface area contributed by atoms with E-state index in [-0.39, 0.29) is 29.1 Å². The second-order valence-corrected chi connectivity index (χ2v) is 12.9. The molecule has 0 saturated heterocycles. The fourth-order valence-electron chi connectivity index (χ4n) is 2.66. The van der Waals surface area contributed by atoms with Crippen molar-refractivity contribution >= 4 is 8.32 Å². The van der Waals surface area contributed by atoms with Gasteiger partial charge >= 0.3 is 0 Å². The van der Waals surface area contributed by atoms with Crippen LogP contribution in [-0.2, 0) is 4.43 Å². The zero-order chi connectivity index (χ0) is 15.1. The third-order valence-electron chi connectivity index (χ3n) is 5.36. The summed E-state index contributed by atoms with van der Waals surface area (Å²) in [6, 6.07) is 0. The first kappa shape index (κ1) is 16.9. The Labute approximate surface area is 120 Å². The maximum atomic E-state index is 9.69. The van der Waals surface area contributed by atoms with Gasteiger partial charge in [0.05, 0.1) is 12.7 Å². The number of aliphatic hydroxyl groups excluding tert-OH is 1. The van der Waals surface area contributed by atoms with Crippen molar-refractivity contribution in [3.63, 3.8) is 0 Å². The predicted octanol–water partition coefficient (Wildman–Crippen LogP) is 4.36. The molecular weight excluding hydrogens is 252 g/mol. The Kier molecular flexibility index (Phi) is 4.76. The van der Waals surface area contributed by atoms with E-state index in [2.05, 4.69) is 60.7 Å². The van der Waals surface area contributed by atoms with Crippen molar-refractivity contribution in [2.75, 3.05) is 6.61 Å². The molecule has 0 aromatic heterocycles. The van der Waals surface area contributed by atoms with Gasteiger partial charge in [-0.1, -0.05) is 46.3 Å². The summed E-state index contributed by atoms with van der Waals surface area (Å²) in [6.45, 7) is 18.3. The van der Waals surface area contributed by atoms with Gasteiger partial charge in [-0.05, 0) is 36.9 Å². The highest BCUT2D eigenvalue weighted by atomic mass is 28.4. The molecule has 0 unspecified atom stereocenters. The molecule has 3 heteroatoms. The van der Waals surface area contributed by atoms with E-state index in [1.807, 2.05) is 0 Å². The van der Waals surface area contributed by atoms with Crippen LogP contribution in [-0.4, -0.2) is 26.1 Å². The molecule has 1 rings (SSSR count). The van der Waals surface area contributed by atoms with Crippen LogP contribution in [0.25, 0.3) is 0 Å². The van der Waals surface area contributed by atoms with Crippen molar-refractivity contribution in [3.8, 4) is 0 Å². The molecule has 0 spiro atoms. The first-order chi connectivity index (χ1) is 8.43. The first-order valence-corrected chi connectivity index (χ1v) is 10.3. The maximum absolute atomic E-state index is 9.69. The van der Waals surface area contributed by atoms with E-state index in [9.17, 15) is 5.11 Å². The van der Waals surface area contributed by atoms with Gasteiger partial charge in [-0.25, -0.2) is 0 Å². The SMILES string of the molecule is CC1=CC[C@@H](O[Si](C)(C)C(C)(C)C)C(C)(C)[C@H]1CO. The van der Waals surface area contributed by atoms with Crippen molar-refractivity contribution < 1.29 is 9.53 Å². The molecule has 0 aromatic rings. The van der Waals surface area contributed by atoms with Gasteiger partial charge in [0.1, 0.15) is 0 Å². The molecule has 1 aliphatic rings. The normalized spacial score (nSPS) is 28.2. The third-order valence-corrected chi connectivity index (χ3v) is 9.84. The van der Waals surface area contributed by atoms with Gasteiger partial charge in [-0.3, -0.25) is 0 Å². The van der Waals surface area contributed by atoms with Gasteiger partial charge in [-0.15, -0.1) is 0 Å². The Hall–Kier alpha value is -0.123. The van der Waals surface area contributed by atoms with Crippen LogP contribution >= 0.6 is 0 Å². The summed E-state index contributed by atoms with van der Waals surface area (Å²) in [5.41, 5.74) is 1.31. The van der Waals surface area contributed by atoms with E-state index >= 15 is 0 Å². The van der Waals surface area contributed by atoms with Crippen molar-refractivity contribution in [1.29, 1.82) is 0 Å². The highest BCUT2D eigenvalue weighted by Crippen LogP contribution is 2.46. The minimum Gasteiger partial charge on any atom is -0.413 e. The second kappa shape index (κ2) is 5.34. The van der Waals surface area contributed by atoms with Crippen LogP contribution in [0.1, 0.15) is 48.0 Å². The highest BCUT2D eigenvalue weighted by Gasteiger charge is 2.46. The van der Waals surface area contributed by atoms with E-state index in [4.69, 9.17) is 4.43 Å². The molecule has 112 valence electrons. The quantitative estimate of drug-likeness (QED) is 0.616. The standard InChI is InChI=1S/C16H32O2Si/c1-12-9-10-14(16(5,6)13(12)11-17)18-19(7,8)15(2,3)4/h9,13-14,17H,10-11H2,1-8H3/t13-,14+/m0/s1. The van der Waals surface area contributed by atoms with Gasteiger partial charge in [0.15, 0.2) is 8.32 Å². The summed E-state index contributed by atoms with van der Waals surface area (Å²) < 4.78 is 6.62. The Morgan fingerprint density at radius 2 is 1.89 bits per heavy atom. The van der Waals surface area contributed by atoms with Crippen molar-refractivity contribution in [1.82, 2.24) is 0 Å². The molecule has 1 aliphatic carbocycles. The first-order valence-electron chi connectivity index (χ1n) is 7.39. The Balaban J connectivity index is 2.97. The lowest BCUT2D eigenvalue weighted by molar-refractivity contribution is 0.00102. The molecule has 2 atom stereocenters. The molecule has 2 nitrogen and oxygen atoms in total. The van der Waals surface area contributed by atoms with Crippen LogP contribution in [0.3, 0.4) is 0 Å². The number of aliphatic hydroxyl groups is 1. The number of hydrogen-bond acceptors (Lipinski definition) is 2. The lowest BCUT2D eigenvalue weighted by atomic mass is 9.67. The van der Waals surface area contributed by atoms with E-state index in [1.54, 1.807) is 0 Å². The zero-order valence-electron chi connectivity index (χ0n) is 14.0. The average molecular weight is 285 g/mol. The Morgan fingerprint density at radius 1 is 1.37 bits per heavy atom. The third kappa shape index (κ3) is 3.31. The van der Waals surface area contributed by atoms with E-state index in [0.29, 0.717) is 0 Å². The zero-order valence-corrected chi connectivity index (χ0v) is 15.0. The van der Waals surface area contributed by atoms with Crippen LogP contribution in [0.2, 0.25) is 18.1 Å². The minimum atomic E-state index is -1.76. The smallest absolute Gasteiger partial charge is 0.192 e. The summed E-state index contributed by atoms with van der Waals surface area (Å²) in [5.74, 6) is 0.219. The van der Waals surface area contributed by atoms with Crippen LogP contribution in [0.15, 0.2) is 11.6 Å². The van der Waals surface area contributed by atoms with E-state index < -0.39 is 8.32 Å². The highest BCUT2D eigenvalue weighted by molar-refractivity contribution is 6.74. The van der Waals surface area contributed by atoms with Crippen LogP contribution in [0.4, 0.5) is 0 Å². The number of rotatable bonds is 3. The van der Waals surface area contributed by atoms with E-state index in [1.165, 1.54) is 5.57 Å². The lowest BCUT2D eigenvalue weighted by Gasteiger charge is -2.49. The fourth-order valence-corrected chi connectivity index (χ4v) is 4.13. The molecule has 0 radical (unpaired) electrons. The van der Waals surface area contributed by atoms with Crippen molar-refractivity contribution in [2.45, 2.75) is 72.2 Å². The molecule has 0 aliphatic heterocycles. The summed E-state index contributed by atoms with van der Waals surface area (Å²) in [5, 5.41) is 9.92. The monoisotopic (exact) mass is 284 g/mol. The summed E-state index contributed by atoms with van der Waals surface area (Å²) >= 11 is 0. The summed E-state index contributed by atoms with van der Waals surface area (Å²) in [7, 11) is -1.76. The summed E-state index contributed by atoms with van der Waals surface area (Å²) in [6.07, 6.45) is 3.44. The molecule has 19 heavy (non-hydrogen) atoms. The molecule has 0 fully saturated rings. The van der Waals surface area contributed by atoms with Crippen LogP contribution in [0.5, 0.6) is 0 Å². The minimum absolute atomic E-state index is 0.00308. The fraction of sp³-hybridized carbons (Fsp3) is 0.875. The van der Waals surface area contributed by atoms with Gasteiger partial charge in [0.2, 0.25) is 0 Å². The molecule has 1 N–H and O–H groups in total. The Morgan fingerprint density at radius 3 is 2.32 bits per heavy atom. The Bertz CT molecular complexity index is 350. The van der Waals surface area contributed by atoms with E-state index in [0.717, 1.165) is 6.42 Å². The lowest BCUT2D eigenvalue weighted by Crippen LogP contribution is -2.51. The molecular formula is C16H32O2Si. The van der Waals surface area contributed by atoms with Crippen LogP contribution < -0.4 is 0 Å². The van der Waals surface area contributed by atoms with Gasteiger partial charge in [0, 0.05) is 5.92 Å². The topological polar surface area (TPSA) is 29.5 Å². The van der Waals surface area contributed by atoms with Gasteiger partial charge in [0.25, 0.3) is 0 Å². The second-order valence-electron chi connectivity index (χ2n) is 8.11. The van der Waals surface area contributed by atoms with Crippen molar-refractivity contribution in [3.05, 3.63) is 11.6 Å². The van der Waals surface area contributed by atoms with Gasteiger partial charge < -0.3 is 9.53 Å². The van der Waals surface area contributed by atoms with Crippen LogP contribution in [0, 0.1) is 11.3 Å². The molecule has 0 bridgehead atoms. The predicted molar refractivity (Wildman–Crippen MR) is 84.8 cm³/mol.